The van der Waals surface area contributed by atoms with Crippen molar-refractivity contribution in [2.45, 2.75) is 83.5 Å². The van der Waals surface area contributed by atoms with E-state index in [2.05, 4.69) is 38.6 Å². The van der Waals surface area contributed by atoms with E-state index in [1.54, 1.807) is 31.2 Å². The molecule has 0 fully saturated rings. The van der Waals surface area contributed by atoms with Crippen LogP contribution >= 0.6 is 0 Å². The summed E-state index contributed by atoms with van der Waals surface area (Å²) in [4.78, 5) is 11.7. The molecule has 0 amide bonds. The minimum absolute atomic E-state index is 0.0253. The van der Waals surface area contributed by atoms with Gasteiger partial charge in [0.1, 0.15) is 4.75 Å². The highest BCUT2D eigenvalue weighted by molar-refractivity contribution is 7.90. The number of carbonyl (C=O) groups excluding carboxylic acids is 1. The Morgan fingerprint density at radius 1 is 1.13 bits per heavy atom. The number of hydrogen-bond acceptors (Lipinski definition) is 6. The SMILES string of the molecule is CCOC(=O)Cc1ccc(C(O)(CO[Si](C)(C)C(C)(C)C)N[S+]([O-])C(C)(C)C)cc1. The Morgan fingerprint density at radius 3 is 2.10 bits per heavy atom. The predicted octanol–water partition coefficient (Wildman–Crippen LogP) is 4.01. The lowest BCUT2D eigenvalue weighted by molar-refractivity contribution is -0.142. The number of esters is 1. The number of ether oxygens (including phenoxy) is 1. The Balaban J connectivity index is 3.15. The predicted molar refractivity (Wildman–Crippen MR) is 125 cm³/mol. The standard InChI is InChI=1S/C22H39NO5SSi/c1-10-27-19(24)15-17-11-13-18(14-12-17)22(25,23-29(26)20(2,3)4)16-28-30(8,9)21(5,6)7/h11-14,23,25H,10,15-16H2,1-9H3. The van der Waals surface area contributed by atoms with Crippen molar-refractivity contribution in [3.63, 3.8) is 0 Å². The fourth-order valence-corrected chi connectivity index (χ4v) is 4.05. The molecule has 0 saturated carbocycles. The van der Waals surface area contributed by atoms with E-state index in [0.717, 1.165) is 5.56 Å². The molecule has 0 aliphatic rings. The van der Waals surface area contributed by atoms with Crippen molar-refractivity contribution in [2.75, 3.05) is 13.2 Å². The Morgan fingerprint density at radius 2 is 1.67 bits per heavy atom. The smallest absolute Gasteiger partial charge is 0.310 e. The van der Waals surface area contributed by atoms with Gasteiger partial charge in [-0.2, -0.15) is 0 Å². The van der Waals surface area contributed by atoms with Gasteiger partial charge < -0.3 is 18.8 Å². The first-order chi connectivity index (χ1) is 13.5. The maximum atomic E-state index is 12.8. The van der Waals surface area contributed by atoms with E-state index in [9.17, 15) is 14.5 Å². The Hall–Kier alpha value is -0.903. The fourth-order valence-electron chi connectivity index (χ4n) is 2.26. The normalized spacial score (nSPS) is 16.1. The van der Waals surface area contributed by atoms with E-state index in [1.807, 2.05) is 20.8 Å². The second kappa shape index (κ2) is 10.1. The van der Waals surface area contributed by atoms with Gasteiger partial charge in [-0.15, -0.1) is 4.72 Å². The van der Waals surface area contributed by atoms with Crippen LogP contribution in [0.2, 0.25) is 18.1 Å². The van der Waals surface area contributed by atoms with Crippen LogP contribution in [-0.2, 0) is 37.5 Å². The average molecular weight is 458 g/mol. The number of carbonyl (C=O) groups is 1. The quantitative estimate of drug-likeness (QED) is 0.252. The first kappa shape index (κ1) is 27.1. The highest BCUT2D eigenvalue weighted by Gasteiger charge is 2.44. The summed E-state index contributed by atoms with van der Waals surface area (Å²) < 4.78 is 26.4. The van der Waals surface area contributed by atoms with Gasteiger partial charge in [0, 0.05) is 16.9 Å². The summed E-state index contributed by atoms with van der Waals surface area (Å²) in [5.41, 5.74) is -0.316. The van der Waals surface area contributed by atoms with E-state index in [4.69, 9.17) is 9.16 Å². The van der Waals surface area contributed by atoms with Crippen LogP contribution in [0.1, 0.15) is 59.6 Å². The molecule has 0 aliphatic heterocycles. The zero-order valence-electron chi connectivity index (χ0n) is 19.9. The molecule has 0 saturated heterocycles. The summed E-state index contributed by atoms with van der Waals surface area (Å²) in [6.07, 6.45) is 0.161. The Bertz CT molecular complexity index is 697. The van der Waals surface area contributed by atoms with E-state index in [-0.39, 0.29) is 24.0 Å². The van der Waals surface area contributed by atoms with Gasteiger partial charge in [0.15, 0.2) is 8.32 Å². The van der Waals surface area contributed by atoms with Crippen LogP contribution in [-0.4, -0.2) is 41.9 Å². The number of rotatable bonds is 9. The molecule has 6 nitrogen and oxygen atoms in total. The Labute approximate surface area is 186 Å². The van der Waals surface area contributed by atoms with Crippen molar-refractivity contribution in [1.82, 2.24) is 4.72 Å². The van der Waals surface area contributed by atoms with Gasteiger partial charge in [-0.25, -0.2) is 0 Å². The third-order valence-electron chi connectivity index (χ3n) is 5.35. The van der Waals surface area contributed by atoms with E-state index in [0.29, 0.717) is 12.2 Å². The molecule has 30 heavy (non-hydrogen) atoms. The van der Waals surface area contributed by atoms with Crippen molar-refractivity contribution < 1.29 is 23.6 Å². The summed E-state index contributed by atoms with van der Waals surface area (Å²) in [6, 6.07) is 7.00. The van der Waals surface area contributed by atoms with Gasteiger partial charge in [0.2, 0.25) is 5.72 Å². The van der Waals surface area contributed by atoms with Gasteiger partial charge in [-0.3, -0.25) is 4.79 Å². The minimum atomic E-state index is -2.15. The maximum absolute atomic E-state index is 12.8. The molecule has 0 heterocycles. The highest BCUT2D eigenvalue weighted by atomic mass is 32.2. The van der Waals surface area contributed by atoms with Crippen LogP contribution in [0.15, 0.2) is 24.3 Å². The molecule has 0 aromatic heterocycles. The lowest BCUT2D eigenvalue weighted by Crippen LogP contribution is -2.56. The third-order valence-corrected chi connectivity index (χ3v) is 11.5. The first-order valence-corrected chi connectivity index (χ1v) is 14.4. The highest BCUT2D eigenvalue weighted by Crippen LogP contribution is 2.38. The third kappa shape index (κ3) is 7.66. The molecule has 2 unspecified atom stereocenters. The number of hydrogen-bond donors (Lipinski definition) is 2. The van der Waals surface area contributed by atoms with Crippen LogP contribution in [0.25, 0.3) is 0 Å². The summed E-state index contributed by atoms with van der Waals surface area (Å²) in [5.74, 6) is -0.297. The van der Waals surface area contributed by atoms with E-state index in [1.165, 1.54) is 0 Å². The van der Waals surface area contributed by atoms with Crippen molar-refractivity contribution >= 4 is 25.6 Å². The zero-order chi connectivity index (χ0) is 23.4. The Kier molecular flexibility index (Phi) is 9.17. The monoisotopic (exact) mass is 457 g/mol. The molecule has 2 N–H and O–H groups in total. The molecule has 1 aromatic carbocycles. The van der Waals surface area contributed by atoms with Crippen LogP contribution < -0.4 is 4.72 Å². The first-order valence-electron chi connectivity index (χ1n) is 10.3. The summed E-state index contributed by atoms with van der Waals surface area (Å²) in [6.45, 7) is 18.2. The summed E-state index contributed by atoms with van der Waals surface area (Å²) in [7, 11) is -2.15. The van der Waals surface area contributed by atoms with Crippen LogP contribution in [0.4, 0.5) is 0 Å². The van der Waals surface area contributed by atoms with Gasteiger partial charge >= 0.3 is 5.97 Å². The fraction of sp³-hybridized carbons (Fsp3) is 0.682. The summed E-state index contributed by atoms with van der Waals surface area (Å²) >= 11 is -1.51. The molecule has 2 atom stereocenters. The molecular weight excluding hydrogens is 418 g/mol. The van der Waals surface area contributed by atoms with Gasteiger partial charge in [0.25, 0.3) is 0 Å². The second-order valence-corrected chi connectivity index (χ2v) is 16.8. The zero-order valence-corrected chi connectivity index (χ0v) is 21.7. The number of aliphatic hydroxyl groups is 1. The van der Waals surface area contributed by atoms with E-state index >= 15 is 0 Å². The van der Waals surface area contributed by atoms with Crippen LogP contribution in [0.5, 0.6) is 0 Å². The molecule has 1 rings (SSSR count). The molecular formula is C22H39NO5SSi. The topological polar surface area (TPSA) is 90.9 Å². The molecule has 0 spiro atoms. The minimum Gasteiger partial charge on any atom is -0.598 e. The van der Waals surface area contributed by atoms with Crippen molar-refractivity contribution in [3.8, 4) is 0 Å². The van der Waals surface area contributed by atoms with Crippen LogP contribution in [0.3, 0.4) is 0 Å². The van der Waals surface area contributed by atoms with Gasteiger partial charge in [-0.1, -0.05) is 45.0 Å². The summed E-state index contributed by atoms with van der Waals surface area (Å²) in [5, 5.41) is 11.5. The van der Waals surface area contributed by atoms with Crippen LogP contribution in [0, 0.1) is 0 Å². The number of nitrogens with one attached hydrogen (secondary N) is 1. The molecule has 0 aliphatic carbocycles. The van der Waals surface area contributed by atoms with Gasteiger partial charge in [0.05, 0.1) is 19.6 Å². The average Bonchev–Trinajstić information content (AvgIpc) is 2.59. The molecule has 1 aromatic rings. The maximum Gasteiger partial charge on any atom is 0.310 e. The van der Waals surface area contributed by atoms with Crippen molar-refractivity contribution in [1.29, 1.82) is 0 Å². The molecule has 172 valence electrons. The lowest BCUT2D eigenvalue weighted by Gasteiger charge is -2.40. The molecule has 8 heteroatoms. The second-order valence-electron chi connectivity index (χ2n) is 10.1. The van der Waals surface area contributed by atoms with Gasteiger partial charge in [-0.05, 0) is 51.4 Å². The molecule has 0 radical (unpaired) electrons. The van der Waals surface area contributed by atoms with E-state index < -0.39 is 30.2 Å². The van der Waals surface area contributed by atoms with Crippen molar-refractivity contribution in [3.05, 3.63) is 35.4 Å². The van der Waals surface area contributed by atoms with Crippen molar-refractivity contribution in [2.24, 2.45) is 0 Å². The molecule has 0 bridgehead atoms. The largest absolute Gasteiger partial charge is 0.598 e. The number of benzene rings is 1. The lowest BCUT2D eigenvalue weighted by atomic mass is 10.0.